The molecule has 8 nitrogen and oxygen atoms in total. The molecule has 1 saturated carbocycles. The average molecular weight is 419 g/mol. The van der Waals surface area contributed by atoms with E-state index in [2.05, 4.69) is 21.0 Å². The smallest absolute Gasteiger partial charge is 0.271 e. The van der Waals surface area contributed by atoms with Crippen LogP contribution in [0.3, 0.4) is 0 Å². The molecular formula is C17H13BrN3O5-. The summed E-state index contributed by atoms with van der Waals surface area (Å²) in [6.45, 7) is 0. The van der Waals surface area contributed by atoms with E-state index in [1.54, 1.807) is 0 Å². The van der Waals surface area contributed by atoms with Crippen LogP contribution >= 0.6 is 15.9 Å². The number of benzene rings is 1. The number of non-ortho nitro benzene ring substituents is 1. The first-order valence-corrected chi connectivity index (χ1v) is 8.93. The number of fused-ring (bicyclic) bond motifs is 1. The fraction of sp³-hybridized carbons (Fsp3) is 0.353. The van der Waals surface area contributed by atoms with Crippen molar-refractivity contribution < 1.29 is 19.6 Å². The van der Waals surface area contributed by atoms with Gasteiger partial charge in [0, 0.05) is 16.6 Å². The molecule has 1 heterocycles. The molecule has 2 amide bonds. The molecule has 1 aromatic rings. The summed E-state index contributed by atoms with van der Waals surface area (Å²) >= 11 is 2.98. The summed E-state index contributed by atoms with van der Waals surface area (Å²) in [6, 6.07) is 2.17. The quantitative estimate of drug-likeness (QED) is 0.244. The predicted octanol–water partition coefficient (Wildman–Crippen LogP) is 1.96. The van der Waals surface area contributed by atoms with Gasteiger partial charge in [-0.3, -0.25) is 19.7 Å². The van der Waals surface area contributed by atoms with Crippen molar-refractivity contribution in [3.05, 3.63) is 44.4 Å². The molecule has 5 rings (SSSR count). The highest BCUT2D eigenvalue weighted by Gasteiger charge is 2.56. The Morgan fingerprint density at radius 2 is 1.73 bits per heavy atom. The highest BCUT2D eigenvalue weighted by molar-refractivity contribution is 9.10. The van der Waals surface area contributed by atoms with Crippen molar-refractivity contribution >= 4 is 39.6 Å². The van der Waals surface area contributed by atoms with Gasteiger partial charge in [-0.15, -0.1) is 0 Å². The summed E-state index contributed by atoms with van der Waals surface area (Å²) in [6.07, 6.45) is 6.80. The largest absolute Gasteiger partial charge is 0.871 e. The molecule has 0 radical (unpaired) electrons. The fourth-order valence-electron chi connectivity index (χ4n) is 4.09. The van der Waals surface area contributed by atoms with E-state index in [-0.39, 0.29) is 39.4 Å². The summed E-state index contributed by atoms with van der Waals surface area (Å²) in [5.74, 6) is -1.94. The second kappa shape index (κ2) is 6.01. The lowest BCUT2D eigenvalue weighted by Crippen LogP contribution is -2.38. The first-order valence-electron chi connectivity index (χ1n) is 8.13. The summed E-state index contributed by atoms with van der Waals surface area (Å²) in [5.41, 5.74) is -0.351. The molecule has 0 aromatic heterocycles. The molecule has 4 aliphatic rings. The Hall–Kier alpha value is -2.55. The molecular weight excluding hydrogens is 406 g/mol. The minimum absolute atomic E-state index is 0.0168. The van der Waals surface area contributed by atoms with Gasteiger partial charge in [0.2, 0.25) is 0 Å². The third kappa shape index (κ3) is 2.45. The molecule has 2 bridgehead atoms. The van der Waals surface area contributed by atoms with E-state index < -0.39 is 22.5 Å². The second-order valence-electron chi connectivity index (χ2n) is 6.68. The first kappa shape index (κ1) is 16.9. The fourth-order valence-corrected chi connectivity index (χ4v) is 4.56. The molecule has 0 spiro atoms. The van der Waals surface area contributed by atoms with Gasteiger partial charge in [0.15, 0.2) is 0 Å². The van der Waals surface area contributed by atoms with Crippen LogP contribution in [0, 0.1) is 33.8 Å². The van der Waals surface area contributed by atoms with Crippen molar-refractivity contribution in [3.63, 3.8) is 0 Å². The van der Waals surface area contributed by atoms with E-state index in [4.69, 9.17) is 0 Å². The summed E-state index contributed by atoms with van der Waals surface area (Å²) in [7, 11) is 0. The van der Waals surface area contributed by atoms with Crippen LogP contribution in [0.5, 0.6) is 5.75 Å². The maximum absolute atomic E-state index is 12.7. The van der Waals surface area contributed by atoms with E-state index in [0.29, 0.717) is 0 Å². The topological polar surface area (TPSA) is 116 Å². The van der Waals surface area contributed by atoms with E-state index in [9.17, 15) is 24.8 Å². The minimum atomic E-state index is -0.633. The van der Waals surface area contributed by atoms with Gasteiger partial charge in [-0.2, -0.15) is 10.1 Å². The zero-order valence-corrected chi connectivity index (χ0v) is 15.0. The molecule has 1 saturated heterocycles. The number of allylic oxidation sites excluding steroid dienone is 2. The van der Waals surface area contributed by atoms with Crippen LogP contribution in [0.1, 0.15) is 18.4 Å². The van der Waals surface area contributed by atoms with Crippen molar-refractivity contribution in [1.82, 2.24) is 5.01 Å². The van der Waals surface area contributed by atoms with Crippen LogP contribution in [0.25, 0.3) is 0 Å². The van der Waals surface area contributed by atoms with Gasteiger partial charge >= 0.3 is 0 Å². The van der Waals surface area contributed by atoms with Gasteiger partial charge in [-0.05, 0) is 30.2 Å². The molecule has 26 heavy (non-hydrogen) atoms. The normalized spacial score (nSPS) is 29.7. The summed E-state index contributed by atoms with van der Waals surface area (Å²) in [4.78, 5) is 35.6. The van der Waals surface area contributed by atoms with Crippen LogP contribution in [-0.2, 0) is 9.59 Å². The monoisotopic (exact) mass is 418 g/mol. The Labute approximate surface area is 156 Å². The lowest BCUT2D eigenvalue weighted by molar-refractivity contribution is -0.385. The zero-order valence-electron chi connectivity index (χ0n) is 13.4. The number of amides is 2. The van der Waals surface area contributed by atoms with E-state index >= 15 is 0 Å². The number of rotatable bonds is 3. The third-order valence-corrected chi connectivity index (χ3v) is 5.91. The number of imide groups is 1. The number of nitro benzene ring substituents is 1. The molecule has 9 heteroatoms. The van der Waals surface area contributed by atoms with E-state index in [0.717, 1.165) is 36.2 Å². The van der Waals surface area contributed by atoms with Gasteiger partial charge in [0.25, 0.3) is 17.5 Å². The SMILES string of the molecule is O=C1[C@@H]2[C@H](C(=O)N1/N=C\c1cc([N+](=O)[O-])cc(Br)c1[O-])[C@@H]1C=C[C@@H]2CC1. The van der Waals surface area contributed by atoms with Gasteiger partial charge < -0.3 is 5.11 Å². The van der Waals surface area contributed by atoms with Crippen LogP contribution in [-0.4, -0.2) is 28.0 Å². The van der Waals surface area contributed by atoms with Gasteiger partial charge in [-0.25, -0.2) is 0 Å². The number of nitro groups is 1. The van der Waals surface area contributed by atoms with Crippen molar-refractivity contribution in [2.75, 3.05) is 0 Å². The molecule has 134 valence electrons. The van der Waals surface area contributed by atoms with Gasteiger partial charge in [-0.1, -0.05) is 33.8 Å². The molecule has 1 aromatic carbocycles. The number of hydrogen-bond acceptors (Lipinski definition) is 6. The van der Waals surface area contributed by atoms with E-state index in [1.807, 2.05) is 12.2 Å². The van der Waals surface area contributed by atoms with Crippen LogP contribution in [0.15, 0.2) is 33.9 Å². The van der Waals surface area contributed by atoms with Crippen molar-refractivity contribution in [3.8, 4) is 5.75 Å². The maximum Gasteiger partial charge on any atom is 0.271 e. The lowest BCUT2D eigenvalue weighted by atomic mass is 9.63. The number of hydrazone groups is 1. The van der Waals surface area contributed by atoms with Crippen LogP contribution in [0.4, 0.5) is 5.69 Å². The Bertz CT molecular complexity index is 865. The van der Waals surface area contributed by atoms with Crippen molar-refractivity contribution in [2.45, 2.75) is 12.8 Å². The van der Waals surface area contributed by atoms with Gasteiger partial charge in [0.1, 0.15) is 0 Å². The van der Waals surface area contributed by atoms with Crippen LogP contribution in [0.2, 0.25) is 0 Å². The predicted molar refractivity (Wildman–Crippen MR) is 92.0 cm³/mol. The highest BCUT2D eigenvalue weighted by atomic mass is 79.9. The number of carbonyl (C=O) groups is 2. The Morgan fingerprint density at radius 3 is 2.23 bits per heavy atom. The number of hydrogen-bond donors (Lipinski definition) is 0. The van der Waals surface area contributed by atoms with Crippen LogP contribution < -0.4 is 5.11 Å². The molecule has 4 atom stereocenters. The number of nitrogens with zero attached hydrogens (tertiary/aromatic N) is 3. The van der Waals surface area contributed by atoms with E-state index in [1.165, 1.54) is 0 Å². The first-order chi connectivity index (χ1) is 12.4. The summed E-state index contributed by atoms with van der Waals surface area (Å²) < 4.78 is 0.0168. The molecule has 0 unspecified atom stereocenters. The van der Waals surface area contributed by atoms with Gasteiger partial charge in [0.05, 0.1) is 23.0 Å². The zero-order chi connectivity index (χ0) is 18.6. The Morgan fingerprint density at radius 1 is 1.15 bits per heavy atom. The Balaban J connectivity index is 1.65. The van der Waals surface area contributed by atoms with Crippen molar-refractivity contribution in [1.29, 1.82) is 0 Å². The standard InChI is InChI=1S/C17H14BrN3O5/c18-12-6-11(21(25)26)5-10(15(12)22)7-19-20-16(23)13-8-1-2-9(4-3-8)14(13)17(20)24/h1-2,5-9,13-14,22H,3-4H2/p-1/b19-7-/t8-,9-,13-,14+/m1/s1. The summed E-state index contributed by atoms with van der Waals surface area (Å²) in [5, 5.41) is 27.8. The molecule has 3 aliphatic carbocycles. The molecule has 0 N–H and O–H groups in total. The third-order valence-electron chi connectivity index (χ3n) is 5.32. The number of halogens is 1. The molecule has 1 aliphatic heterocycles. The molecule has 2 fully saturated rings. The highest BCUT2D eigenvalue weighted by Crippen LogP contribution is 2.49. The van der Waals surface area contributed by atoms with Crippen molar-refractivity contribution in [2.24, 2.45) is 28.8 Å². The second-order valence-corrected chi connectivity index (χ2v) is 7.53. The number of carbonyl (C=O) groups excluding carboxylic acids is 2. The average Bonchev–Trinajstić information content (AvgIpc) is 2.90. The lowest BCUT2D eigenvalue weighted by Gasteiger charge is -2.37. The minimum Gasteiger partial charge on any atom is -0.871 e. The Kier molecular flexibility index (Phi) is 3.91. The maximum atomic E-state index is 12.7.